The molecule has 10 rings (SSSR count). The first kappa shape index (κ1) is 70.1. The molecular weight excluding hydrogens is 1330 g/mol. The number of amides is 8. The van der Waals surface area contributed by atoms with Gasteiger partial charge in [-0.1, -0.05) is 12.1 Å². The van der Waals surface area contributed by atoms with Gasteiger partial charge >= 0.3 is 36.4 Å². The fraction of sp³-hybridized carbons (Fsp3) is 0.105. The summed E-state index contributed by atoms with van der Waals surface area (Å²) in [4.78, 5) is 173. The number of carbonyl (C=O) groups is 7. The van der Waals surface area contributed by atoms with E-state index in [0.717, 1.165) is 36.4 Å². The van der Waals surface area contributed by atoms with Gasteiger partial charge < -0.3 is 109 Å². The Kier molecular flexibility index (Phi) is 19.6. The van der Waals surface area contributed by atoms with E-state index in [1.165, 1.54) is 139 Å². The van der Waals surface area contributed by atoms with Gasteiger partial charge in [0.15, 0.2) is 0 Å². The molecule has 489 valence electrons. The van der Waals surface area contributed by atoms with E-state index in [0.29, 0.717) is 0 Å². The van der Waals surface area contributed by atoms with Gasteiger partial charge in [-0.05, 0) is 84.9 Å². The minimum Gasteiger partial charge on any atom is -0.344 e. The molecule has 0 bridgehead atoms. The van der Waals surface area contributed by atoms with Gasteiger partial charge in [0.05, 0.1) is 55.3 Å². The molecule has 0 aliphatic rings. The zero-order chi connectivity index (χ0) is 68.4. The number of anilines is 8. The summed E-state index contributed by atoms with van der Waals surface area (Å²) in [6.07, 6.45) is 8.80. The Hall–Kier alpha value is -9.23. The molecule has 0 saturated heterocycles. The van der Waals surface area contributed by atoms with Crippen molar-refractivity contribution in [1.82, 2.24) is 27.4 Å². The number of aryl methyl sites for hydroxylation is 6. The third kappa shape index (κ3) is 15.3. The van der Waals surface area contributed by atoms with Crippen LogP contribution in [0, 0.1) is 0 Å². The van der Waals surface area contributed by atoms with Crippen molar-refractivity contribution in [1.29, 1.82) is 0 Å². The molecular formula is C57H56N14NaO19P4. The summed E-state index contributed by atoms with van der Waals surface area (Å²) in [5.41, 5.74) is 1.80. The fourth-order valence-corrected chi connectivity index (χ4v) is 13.0. The van der Waals surface area contributed by atoms with E-state index in [9.17, 15) is 91.0 Å². The number of urea groups is 1. The van der Waals surface area contributed by atoms with Crippen molar-refractivity contribution >= 4 is 190 Å². The van der Waals surface area contributed by atoms with Gasteiger partial charge in [-0.15, -0.1) is 0 Å². The Morgan fingerprint density at radius 3 is 0.758 bits per heavy atom. The smallest absolute Gasteiger partial charge is 0.344 e. The molecule has 0 unspecified atom stereocenters. The van der Waals surface area contributed by atoms with Crippen LogP contribution in [0.4, 0.5) is 50.3 Å². The van der Waals surface area contributed by atoms with Crippen molar-refractivity contribution in [2.45, 2.75) is 0 Å². The zero-order valence-corrected chi connectivity index (χ0v) is 56.3. The van der Waals surface area contributed by atoms with E-state index < -0.39 is 93.1 Å². The first-order valence-corrected chi connectivity index (χ1v) is 33.7. The van der Waals surface area contributed by atoms with Crippen LogP contribution in [0.3, 0.4) is 0 Å². The van der Waals surface area contributed by atoms with Crippen molar-refractivity contribution in [3.05, 3.63) is 168 Å². The number of nitrogens with one attached hydrogen (secondary N) is 8. The number of fused-ring (bicyclic) bond motifs is 2. The fourth-order valence-electron chi connectivity index (χ4n) is 10.3. The Bertz CT molecular complexity index is 4770. The maximum absolute atomic E-state index is 13.6. The van der Waals surface area contributed by atoms with Crippen LogP contribution in [-0.4, -0.2) is 138 Å². The quantitative estimate of drug-likeness (QED) is 0.0426. The summed E-state index contributed by atoms with van der Waals surface area (Å²) in [6.45, 7) is 0. The van der Waals surface area contributed by atoms with Gasteiger partial charge in [-0.25, -0.2) is 4.79 Å². The molecule has 33 nitrogen and oxygen atoms in total. The van der Waals surface area contributed by atoms with Crippen LogP contribution < -0.4 is 63.8 Å². The van der Waals surface area contributed by atoms with Gasteiger partial charge in [0.2, 0.25) is 0 Å². The van der Waals surface area contributed by atoms with Crippen molar-refractivity contribution < 1.29 is 91.0 Å². The Balaban J connectivity index is 0.0000106. The molecule has 16 N–H and O–H groups in total. The summed E-state index contributed by atoms with van der Waals surface area (Å²) in [5, 5.41) is 19.2. The van der Waals surface area contributed by atoms with E-state index in [1.54, 1.807) is 28.2 Å². The molecule has 8 amide bonds. The van der Waals surface area contributed by atoms with Crippen LogP contribution in [0.1, 0.15) is 62.9 Å². The van der Waals surface area contributed by atoms with Crippen LogP contribution >= 0.6 is 30.4 Å². The Morgan fingerprint density at radius 2 is 0.526 bits per heavy atom. The second-order valence-corrected chi connectivity index (χ2v) is 27.9. The zero-order valence-electron chi connectivity index (χ0n) is 50.7. The van der Waals surface area contributed by atoms with Crippen LogP contribution in [0.25, 0.3) is 21.5 Å². The van der Waals surface area contributed by atoms with Gasteiger partial charge in [-0.3, -0.25) is 47.0 Å². The summed E-state index contributed by atoms with van der Waals surface area (Å²) in [6, 6.07) is 18.6. The number of rotatable bonds is 18. The van der Waals surface area contributed by atoms with E-state index >= 15 is 0 Å². The molecule has 4 aromatic carbocycles. The molecule has 38 heteroatoms. The third-order valence-corrected chi connectivity index (χ3v) is 18.7. The average Bonchev–Trinajstić information content (AvgIpc) is 1.70. The molecule has 95 heavy (non-hydrogen) atoms. The molecule has 0 aliphatic carbocycles. The molecule has 6 aromatic heterocycles. The van der Waals surface area contributed by atoms with Gasteiger partial charge in [0.25, 0.3) is 35.4 Å². The number of benzene rings is 4. The topological polar surface area (TPSA) is 475 Å². The average molecular weight is 1390 g/mol. The van der Waals surface area contributed by atoms with Crippen LogP contribution in [0.5, 0.6) is 0 Å². The Morgan fingerprint density at radius 1 is 0.295 bits per heavy atom. The van der Waals surface area contributed by atoms with Crippen molar-refractivity contribution in [2.75, 3.05) is 42.5 Å². The maximum atomic E-state index is 13.6. The van der Waals surface area contributed by atoms with E-state index in [2.05, 4.69) is 42.5 Å². The standard InChI is InChI=1S/C57H56N14O19P4.Na/c1-66-23-29(15-43(66)51(72)60-31-17-47(68(3)25-31)55(76)64-41-11-13-49(93(85,86)87)39-21-35(91(79,80)81)7-9-37(39)41)58-53(74)45-19-33(27-70(45)5)62-57(78)63-34-20-46(71(6)28-34)54(75)59-30-16-44(67(2)24-30)52(73)61-32-18-48(69(4)26-32)56(77)65-42-12-14-50(94(88,89)90)40-22-36(92(82,83)84)8-10-38(40)42;/h7-28H,1-6H3,(H,58,74)(H,59,75)(H,60,72)(H,61,73)(H,64,76)(H,65,77)(H2,62,63,78)(H2,79,80,81)(H2,82,83,84)(H2,85,86,87)(H2,88,89,90);. The number of hydrogen-bond donors (Lipinski definition) is 16. The number of nitrogens with zero attached hydrogens (tertiary/aromatic N) is 6. The maximum Gasteiger partial charge on any atom is 0.356 e. The predicted molar refractivity (Wildman–Crippen MR) is 353 cm³/mol. The van der Waals surface area contributed by atoms with Crippen LogP contribution in [0.2, 0.25) is 0 Å². The van der Waals surface area contributed by atoms with Gasteiger partial charge in [-0.2, -0.15) is 0 Å². The number of aromatic nitrogens is 6. The predicted octanol–water partition coefficient (Wildman–Crippen LogP) is 4.01. The van der Waals surface area contributed by atoms with Crippen molar-refractivity contribution in [3.8, 4) is 0 Å². The summed E-state index contributed by atoms with van der Waals surface area (Å²) < 4.78 is 57.1. The minimum absolute atomic E-state index is 0. The molecule has 0 saturated carbocycles. The normalized spacial score (nSPS) is 11.9. The van der Waals surface area contributed by atoms with E-state index in [4.69, 9.17) is 0 Å². The molecule has 10 aromatic rings. The van der Waals surface area contributed by atoms with Crippen molar-refractivity contribution in [2.24, 2.45) is 42.3 Å². The second-order valence-electron chi connectivity index (χ2n) is 21.6. The van der Waals surface area contributed by atoms with E-state index in [-0.39, 0.29) is 131 Å². The molecule has 0 aliphatic heterocycles. The Labute approximate surface area is 558 Å². The molecule has 1 radical (unpaired) electrons. The summed E-state index contributed by atoms with van der Waals surface area (Å²) in [5.74, 6) is -3.92. The van der Waals surface area contributed by atoms with E-state index in [1.807, 2.05) is 0 Å². The largest absolute Gasteiger partial charge is 0.356 e. The first-order chi connectivity index (χ1) is 43.9. The molecule has 6 heterocycles. The number of hydrogen-bond acceptors (Lipinski definition) is 11. The van der Waals surface area contributed by atoms with Gasteiger partial charge in [0, 0.05) is 142 Å². The number of carbonyl (C=O) groups excluding carboxylic acids is 7. The van der Waals surface area contributed by atoms with Crippen molar-refractivity contribution in [3.63, 3.8) is 0 Å². The minimum atomic E-state index is -4.94. The van der Waals surface area contributed by atoms with Gasteiger partial charge in [0.1, 0.15) is 34.2 Å². The SMILES string of the molecule is Cn1cc(NC(=O)Nc2cc(C(=O)Nc3cc(C(=O)Nc4cc(C(=O)Nc5ccc(P(=O)(O)O)c6cc(P(=O)(O)O)ccc56)n(C)c4)n(C)c3)n(C)c2)cc1C(=O)Nc1cc(C(=O)Nc2cc(C(=O)Nc3ccc(P(=O)(O)O)c4cc(P(=O)(O)O)ccc34)n(C)c2)n(C)c1.[Na]. The monoisotopic (exact) mass is 1390 g/mol. The third-order valence-electron chi connectivity index (χ3n) is 14.7. The second kappa shape index (κ2) is 26.5. The first-order valence-electron chi connectivity index (χ1n) is 27.2. The molecule has 0 atom stereocenters. The molecule has 0 spiro atoms. The van der Waals surface area contributed by atoms with Crippen LogP contribution in [0.15, 0.2) is 134 Å². The van der Waals surface area contributed by atoms with Crippen LogP contribution in [-0.2, 0) is 60.5 Å². The summed E-state index contributed by atoms with van der Waals surface area (Å²) >= 11 is 0. The summed E-state index contributed by atoms with van der Waals surface area (Å²) in [7, 11) is -10.2. The molecule has 0 fully saturated rings.